The first-order valence-electron chi connectivity index (χ1n) is 11.8. The molecule has 0 heterocycles. The van der Waals surface area contributed by atoms with Crippen LogP contribution in [0.3, 0.4) is 0 Å². The molecular formula is C28H28Br2N4O4S. The summed E-state index contributed by atoms with van der Waals surface area (Å²) in [6.07, 6.45) is 0. The van der Waals surface area contributed by atoms with Crippen molar-refractivity contribution >= 4 is 72.6 Å². The number of thiocarbonyl (C=S) groups is 1. The van der Waals surface area contributed by atoms with E-state index in [0.717, 1.165) is 15.6 Å². The first-order chi connectivity index (χ1) is 18.3. The van der Waals surface area contributed by atoms with Crippen LogP contribution in [0.2, 0.25) is 0 Å². The lowest BCUT2D eigenvalue weighted by atomic mass is 9.87. The first kappa shape index (κ1) is 30.3. The summed E-state index contributed by atoms with van der Waals surface area (Å²) in [5.74, 6) is -0.683. The van der Waals surface area contributed by atoms with E-state index in [1.54, 1.807) is 36.4 Å². The Labute approximate surface area is 249 Å². The molecule has 0 aromatic heterocycles. The van der Waals surface area contributed by atoms with Gasteiger partial charge in [0.25, 0.3) is 17.7 Å². The Morgan fingerprint density at radius 2 is 1.46 bits per heavy atom. The van der Waals surface area contributed by atoms with Crippen LogP contribution >= 0.6 is 44.1 Å². The zero-order valence-corrected chi connectivity index (χ0v) is 25.8. The fourth-order valence-corrected chi connectivity index (χ4v) is 5.14. The van der Waals surface area contributed by atoms with Crippen LogP contribution in [0.1, 0.15) is 52.6 Å². The monoisotopic (exact) mass is 674 g/mol. The number of nitrogens with one attached hydrogen (secondary N) is 4. The summed E-state index contributed by atoms with van der Waals surface area (Å²) >= 11 is 11.9. The maximum atomic E-state index is 12.6. The SMILES string of the molecule is Cc1cc(Br)cc(Br)c1OCC(=O)NC(=S)NNC(=O)c1ccc(NC(=O)c2ccc(C(C)(C)C)cc2)cc1. The van der Waals surface area contributed by atoms with E-state index in [9.17, 15) is 14.4 Å². The molecule has 0 aliphatic rings. The number of halogens is 2. The van der Waals surface area contributed by atoms with Gasteiger partial charge in [0.2, 0.25) is 0 Å². The van der Waals surface area contributed by atoms with Crippen molar-refractivity contribution in [1.82, 2.24) is 16.2 Å². The fourth-order valence-electron chi connectivity index (χ4n) is 3.42. The van der Waals surface area contributed by atoms with Gasteiger partial charge in [0.15, 0.2) is 11.7 Å². The van der Waals surface area contributed by atoms with E-state index in [4.69, 9.17) is 17.0 Å². The molecule has 0 atom stereocenters. The second-order valence-corrected chi connectivity index (χ2v) is 11.8. The third kappa shape index (κ3) is 8.87. The van der Waals surface area contributed by atoms with Gasteiger partial charge < -0.3 is 10.1 Å². The highest BCUT2D eigenvalue weighted by atomic mass is 79.9. The van der Waals surface area contributed by atoms with Crippen molar-refractivity contribution in [2.24, 2.45) is 0 Å². The zero-order chi connectivity index (χ0) is 28.7. The van der Waals surface area contributed by atoms with Gasteiger partial charge in [-0.15, -0.1) is 0 Å². The van der Waals surface area contributed by atoms with Crippen LogP contribution < -0.4 is 26.2 Å². The van der Waals surface area contributed by atoms with Crippen molar-refractivity contribution in [1.29, 1.82) is 0 Å². The Hall–Kier alpha value is -3.28. The Bertz CT molecular complexity index is 1370. The third-order valence-electron chi connectivity index (χ3n) is 5.50. The largest absolute Gasteiger partial charge is 0.482 e. The molecule has 0 saturated carbocycles. The topological polar surface area (TPSA) is 109 Å². The predicted octanol–water partition coefficient (Wildman–Crippen LogP) is 5.78. The molecule has 0 spiro atoms. The Kier molecular flexibility index (Phi) is 10.2. The van der Waals surface area contributed by atoms with Crippen LogP contribution in [0.4, 0.5) is 5.69 Å². The van der Waals surface area contributed by atoms with Crippen LogP contribution in [-0.2, 0) is 10.2 Å². The number of anilines is 1. The molecule has 3 aromatic rings. The van der Waals surface area contributed by atoms with Gasteiger partial charge in [0.1, 0.15) is 5.75 Å². The number of amides is 3. The molecule has 39 heavy (non-hydrogen) atoms. The second-order valence-electron chi connectivity index (χ2n) is 9.64. The molecule has 0 aliphatic carbocycles. The van der Waals surface area contributed by atoms with E-state index in [1.165, 1.54) is 0 Å². The van der Waals surface area contributed by atoms with E-state index in [1.807, 2.05) is 31.2 Å². The van der Waals surface area contributed by atoms with Gasteiger partial charge in [0, 0.05) is 21.3 Å². The predicted molar refractivity (Wildman–Crippen MR) is 163 cm³/mol. The molecule has 0 saturated heterocycles. The molecule has 8 nitrogen and oxygen atoms in total. The number of hydrogen-bond acceptors (Lipinski definition) is 5. The molecule has 11 heteroatoms. The van der Waals surface area contributed by atoms with Crippen LogP contribution in [0, 0.1) is 6.92 Å². The van der Waals surface area contributed by atoms with Gasteiger partial charge in [-0.2, -0.15) is 0 Å². The van der Waals surface area contributed by atoms with Crippen LogP contribution in [-0.4, -0.2) is 29.4 Å². The number of rotatable bonds is 6. The maximum absolute atomic E-state index is 12.6. The number of benzene rings is 3. The molecule has 204 valence electrons. The van der Waals surface area contributed by atoms with Gasteiger partial charge in [-0.25, -0.2) is 0 Å². The van der Waals surface area contributed by atoms with Crippen molar-refractivity contribution in [3.63, 3.8) is 0 Å². The lowest BCUT2D eigenvalue weighted by molar-refractivity contribution is -0.121. The van der Waals surface area contributed by atoms with Crippen LogP contribution in [0.5, 0.6) is 5.75 Å². The van der Waals surface area contributed by atoms with Crippen molar-refractivity contribution in [2.45, 2.75) is 33.1 Å². The number of aryl methyl sites for hydroxylation is 1. The first-order valence-corrected chi connectivity index (χ1v) is 13.8. The molecule has 0 fully saturated rings. The van der Waals surface area contributed by atoms with E-state index in [-0.39, 0.29) is 23.0 Å². The average molecular weight is 676 g/mol. The molecule has 0 bridgehead atoms. The second kappa shape index (κ2) is 13.2. The molecular weight excluding hydrogens is 648 g/mol. The Morgan fingerprint density at radius 3 is 2.05 bits per heavy atom. The van der Waals surface area contributed by atoms with Crippen molar-refractivity contribution in [3.05, 3.63) is 91.9 Å². The smallest absolute Gasteiger partial charge is 0.269 e. The third-order valence-corrected chi connectivity index (χ3v) is 6.75. The highest BCUT2D eigenvalue weighted by molar-refractivity contribution is 9.11. The Morgan fingerprint density at radius 1 is 0.872 bits per heavy atom. The summed E-state index contributed by atoms with van der Waals surface area (Å²) in [4.78, 5) is 37.2. The lowest BCUT2D eigenvalue weighted by Gasteiger charge is -2.19. The van der Waals surface area contributed by atoms with Crippen LogP contribution in [0.25, 0.3) is 0 Å². The quantitative estimate of drug-likeness (QED) is 0.195. The minimum Gasteiger partial charge on any atom is -0.482 e. The summed E-state index contributed by atoms with van der Waals surface area (Å²) < 4.78 is 7.17. The van der Waals surface area contributed by atoms with Gasteiger partial charge in [0.05, 0.1) is 4.47 Å². The molecule has 4 N–H and O–H groups in total. The lowest BCUT2D eigenvalue weighted by Crippen LogP contribution is -2.49. The zero-order valence-electron chi connectivity index (χ0n) is 21.8. The van der Waals surface area contributed by atoms with Gasteiger partial charge >= 0.3 is 0 Å². The standard InChI is InChI=1S/C28H28Br2N4O4S/c1-16-13-20(29)14-22(30)24(16)38-15-23(35)32-27(39)34-33-26(37)18-7-11-21(12-8-18)31-25(36)17-5-9-19(10-6-17)28(2,3)4/h5-14H,15H2,1-4H3,(H,31,36)(H,33,37)(H2,32,34,35,39). The minimum atomic E-state index is -0.496. The summed E-state index contributed by atoms with van der Waals surface area (Å²) in [5.41, 5.74) is 8.29. The van der Waals surface area contributed by atoms with E-state index in [2.05, 4.69) is 74.1 Å². The molecule has 0 radical (unpaired) electrons. The van der Waals surface area contributed by atoms with Gasteiger partial charge in [-0.3, -0.25) is 30.6 Å². The molecule has 3 amide bonds. The van der Waals surface area contributed by atoms with Crippen LogP contribution in [0.15, 0.2) is 69.6 Å². The molecule has 0 aliphatic heterocycles. The highest BCUT2D eigenvalue weighted by Gasteiger charge is 2.15. The molecule has 0 unspecified atom stereocenters. The number of ether oxygens (including phenoxy) is 1. The minimum absolute atomic E-state index is 0.00122. The number of hydrogen-bond donors (Lipinski definition) is 4. The summed E-state index contributed by atoms with van der Waals surface area (Å²) in [7, 11) is 0. The summed E-state index contributed by atoms with van der Waals surface area (Å²) in [6, 6.07) is 17.5. The van der Waals surface area contributed by atoms with Crippen molar-refractivity contribution in [3.8, 4) is 5.75 Å². The van der Waals surface area contributed by atoms with Gasteiger partial charge in [-0.05, 0) is 100 Å². The Balaban J connectivity index is 1.45. The van der Waals surface area contributed by atoms with E-state index < -0.39 is 11.8 Å². The molecule has 3 aromatic carbocycles. The number of hydrazine groups is 1. The fraction of sp³-hybridized carbons (Fsp3) is 0.214. The van der Waals surface area contributed by atoms with E-state index in [0.29, 0.717) is 27.0 Å². The van der Waals surface area contributed by atoms with Crippen molar-refractivity contribution < 1.29 is 19.1 Å². The summed E-state index contributed by atoms with van der Waals surface area (Å²) in [5, 5.41) is 5.16. The molecule has 3 rings (SSSR count). The van der Waals surface area contributed by atoms with Crippen molar-refractivity contribution in [2.75, 3.05) is 11.9 Å². The normalized spacial score (nSPS) is 10.8. The number of carbonyl (C=O) groups is 3. The average Bonchev–Trinajstić information content (AvgIpc) is 2.86. The van der Waals surface area contributed by atoms with Gasteiger partial charge in [-0.1, -0.05) is 48.8 Å². The maximum Gasteiger partial charge on any atom is 0.269 e. The summed E-state index contributed by atoms with van der Waals surface area (Å²) in [6.45, 7) is 7.92. The highest BCUT2D eigenvalue weighted by Crippen LogP contribution is 2.32. The number of carbonyl (C=O) groups excluding carboxylic acids is 3. The van der Waals surface area contributed by atoms with E-state index >= 15 is 0 Å².